The number of piperidine rings is 1. The molecule has 4 nitrogen and oxygen atoms in total. The molecule has 0 aliphatic carbocycles. The van der Waals surface area contributed by atoms with Gasteiger partial charge in [-0.05, 0) is 52.4 Å². The van der Waals surface area contributed by atoms with Crippen LogP contribution < -0.4 is 0 Å². The van der Waals surface area contributed by atoms with Crippen LogP contribution in [-0.2, 0) is 11.3 Å². The number of carbonyl (C=O) groups is 1. The molecule has 1 N–H and O–H groups in total. The van der Waals surface area contributed by atoms with Crippen LogP contribution in [0.3, 0.4) is 0 Å². The Morgan fingerprint density at radius 3 is 2.95 bits per heavy atom. The van der Waals surface area contributed by atoms with Crippen LogP contribution in [0.4, 0.5) is 0 Å². The number of nitrogens with zero attached hydrogens (tertiary/aromatic N) is 2. The quantitative estimate of drug-likeness (QED) is 0.927. The van der Waals surface area contributed by atoms with Crippen LogP contribution in [0, 0.1) is 5.41 Å². The molecular weight excluding hydrogens is 308 g/mol. The summed E-state index contributed by atoms with van der Waals surface area (Å²) < 4.78 is 0.924. The molecule has 2 rings (SSSR count). The second kappa shape index (κ2) is 5.59. The van der Waals surface area contributed by atoms with Crippen molar-refractivity contribution in [3.8, 4) is 0 Å². The zero-order chi connectivity index (χ0) is 14.0. The number of likely N-dealkylation sites (tertiary alicyclic amines) is 1. The summed E-state index contributed by atoms with van der Waals surface area (Å²) in [5.41, 5.74) is 0.849. The van der Waals surface area contributed by atoms with Crippen molar-refractivity contribution in [1.82, 2.24) is 9.88 Å². The van der Waals surface area contributed by atoms with E-state index in [-0.39, 0.29) is 5.41 Å². The highest BCUT2D eigenvalue weighted by atomic mass is 79.9. The van der Waals surface area contributed by atoms with Crippen molar-refractivity contribution < 1.29 is 9.90 Å². The Kier molecular flexibility index (Phi) is 4.26. The van der Waals surface area contributed by atoms with Crippen molar-refractivity contribution in [3.63, 3.8) is 0 Å². The number of aliphatic carboxylic acids is 1. The van der Waals surface area contributed by atoms with Crippen LogP contribution in [-0.4, -0.2) is 33.5 Å². The van der Waals surface area contributed by atoms with Gasteiger partial charge < -0.3 is 5.11 Å². The molecule has 0 aromatic carbocycles. The summed E-state index contributed by atoms with van der Waals surface area (Å²) in [7, 11) is 0. The number of halogens is 1. The summed E-state index contributed by atoms with van der Waals surface area (Å²) >= 11 is 3.40. The van der Waals surface area contributed by atoms with Gasteiger partial charge in [-0.15, -0.1) is 0 Å². The predicted molar refractivity (Wildman–Crippen MR) is 76.8 cm³/mol. The molecule has 1 aliphatic rings. The Labute approximate surface area is 122 Å². The van der Waals surface area contributed by atoms with Crippen LogP contribution >= 0.6 is 15.9 Å². The average Bonchev–Trinajstić information content (AvgIpc) is 2.26. The van der Waals surface area contributed by atoms with Gasteiger partial charge in [-0.3, -0.25) is 14.7 Å². The van der Waals surface area contributed by atoms with Crippen LogP contribution in [0.25, 0.3) is 0 Å². The van der Waals surface area contributed by atoms with Gasteiger partial charge in [0.25, 0.3) is 0 Å². The minimum absolute atomic E-state index is 0.191. The van der Waals surface area contributed by atoms with Crippen LogP contribution in [0.15, 0.2) is 22.9 Å². The SMILES string of the molecule is CC1(C)CCCN(Cc2cncc(Br)c2)C1C(=O)O. The first kappa shape index (κ1) is 14.5. The monoisotopic (exact) mass is 326 g/mol. The maximum atomic E-state index is 11.6. The molecule has 1 aromatic heterocycles. The van der Waals surface area contributed by atoms with Crippen LogP contribution in [0.1, 0.15) is 32.3 Å². The van der Waals surface area contributed by atoms with Gasteiger partial charge in [0.05, 0.1) is 0 Å². The Hall–Kier alpha value is -0.940. The van der Waals surface area contributed by atoms with E-state index in [1.807, 2.05) is 19.9 Å². The lowest BCUT2D eigenvalue weighted by Crippen LogP contribution is -2.53. The number of hydrogen-bond donors (Lipinski definition) is 1. The second-order valence-corrected chi connectivity index (χ2v) is 6.73. The minimum atomic E-state index is -0.729. The van der Waals surface area contributed by atoms with E-state index in [1.54, 1.807) is 12.4 Å². The topological polar surface area (TPSA) is 53.4 Å². The number of hydrogen-bond acceptors (Lipinski definition) is 3. The van der Waals surface area contributed by atoms with E-state index in [0.717, 1.165) is 29.4 Å². The lowest BCUT2D eigenvalue weighted by Gasteiger charge is -2.44. The molecule has 1 aromatic rings. The summed E-state index contributed by atoms with van der Waals surface area (Å²) in [5.74, 6) is -0.729. The van der Waals surface area contributed by atoms with Gasteiger partial charge in [0.2, 0.25) is 0 Å². The fourth-order valence-corrected chi connectivity index (χ4v) is 3.35. The summed E-state index contributed by atoms with van der Waals surface area (Å²) in [6.45, 7) is 5.54. The van der Waals surface area contributed by atoms with Crippen molar-refractivity contribution in [2.75, 3.05) is 6.54 Å². The van der Waals surface area contributed by atoms with Gasteiger partial charge >= 0.3 is 5.97 Å². The Bertz CT molecular complexity index is 476. The third-order valence-corrected chi connectivity index (χ3v) is 4.19. The van der Waals surface area contributed by atoms with E-state index in [9.17, 15) is 9.90 Å². The first-order chi connectivity index (χ1) is 8.90. The fourth-order valence-electron chi connectivity index (χ4n) is 2.94. The highest BCUT2D eigenvalue weighted by molar-refractivity contribution is 9.10. The van der Waals surface area contributed by atoms with Crippen molar-refractivity contribution in [2.45, 2.75) is 39.3 Å². The van der Waals surface area contributed by atoms with Gasteiger partial charge in [-0.1, -0.05) is 13.8 Å². The summed E-state index contributed by atoms with van der Waals surface area (Å²) in [4.78, 5) is 17.8. The van der Waals surface area contributed by atoms with Gasteiger partial charge in [-0.25, -0.2) is 0 Å². The molecule has 1 atom stereocenters. The van der Waals surface area contributed by atoms with Gasteiger partial charge in [0.1, 0.15) is 6.04 Å². The lowest BCUT2D eigenvalue weighted by molar-refractivity contribution is -0.151. The molecule has 5 heteroatoms. The van der Waals surface area contributed by atoms with E-state index >= 15 is 0 Å². The maximum absolute atomic E-state index is 11.6. The van der Waals surface area contributed by atoms with Gasteiger partial charge in [0.15, 0.2) is 0 Å². The summed E-state index contributed by atoms with van der Waals surface area (Å²) in [6.07, 6.45) is 5.53. The number of carboxylic acid groups (broad SMARTS) is 1. The molecule has 1 saturated heterocycles. The molecule has 0 spiro atoms. The first-order valence-electron chi connectivity index (χ1n) is 6.46. The normalized spacial score (nSPS) is 23.2. The number of rotatable bonds is 3. The Balaban J connectivity index is 2.20. The molecule has 1 aliphatic heterocycles. The van der Waals surface area contributed by atoms with Crippen molar-refractivity contribution >= 4 is 21.9 Å². The van der Waals surface area contributed by atoms with E-state index in [0.29, 0.717) is 6.54 Å². The number of aromatic nitrogens is 1. The maximum Gasteiger partial charge on any atom is 0.321 e. The van der Waals surface area contributed by atoms with Gasteiger partial charge in [0, 0.05) is 23.4 Å². The Morgan fingerprint density at radius 2 is 2.32 bits per heavy atom. The third-order valence-electron chi connectivity index (χ3n) is 3.75. The standard InChI is InChI=1S/C14H19BrN2O2/c1-14(2)4-3-5-17(12(14)13(18)19)9-10-6-11(15)8-16-7-10/h6-8,12H,3-5,9H2,1-2H3,(H,18,19). The first-order valence-corrected chi connectivity index (χ1v) is 7.26. The smallest absolute Gasteiger partial charge is 0.321 e. The number of pyridine rings is 1. The molecule has 2 heterocycles. The van der Waals surface area contributed by atoms with E-state index in [1.165, 1.54) is 0 Å². The minimum Gasteiger partial charge on any atom is -0.480 e. The zero-order valence-electron chi connectivity index (χ0n) is 11.3. The average molecular weight is 327 g/mol. The lowest BCUT2D eigenvalue weighted by atomic mass is 9.76. The Morgan fingerprint density at radius 1 is 1.58 bits per heavy atom. The molecule has 0 radical (unpaired) electrons. The van der Waals surface area contributed by atoms with E-state index in [4.69, 9.17) is 0 Å². The highest BCUT2D eigenvalue weighted by Crippen LogP contribution is 2.36. The molecule has 0 saturated carbocycles. The van der Waals surface area contributed by atoms with Crippen LogP contribution in [0.5, 0.6) is 0 Å². The van der Waals surface area contributed by atoms with E-state index < -0.39 is 12.0 Å². The molecule has 1 fully saturated rings. The van der Waals surface area contributed by atoms with Crippen molar-refractivity contribution in [1.29, 1.82) is 0 Å². The molecule has 1 unspecified atom stereocenters. The van der Waals surface area contributed by atoms with Crippen LogP contribution in [0.2, 0.25) is 0 Å². The second-order valence-electron chi connectivity index (χ2n) is 5.81. The molecule has 0 bridgehead atoms. The molecule has 0 amide bonds. The van der Waals surface area contributed by atoms with Crippen molar-refractivity contribution in [2.24, 2.45) is 5.41 Å². The molecule has 19 heavy (non-hydrogen) atoms. The van der Waals surface area contributed by atoms with Crippen molar-refractivity contribution in [3.05, 3.63) is 28.5 Å². The molecular formula is C14H19BrN2O2. The summed E-state index contributed by atoms with van der Waals surface area (Å²) in [5, 5.41) is 9.51. The summed E-state index contributed by atoms with van der Waals surface area (Å²) in [6, 6.07) is 1.56. The number of carboxylic acids is 1. The zero-order valence-corrected chi connectivity index (χ0v) is 12.9. The fraction of sp³-hybridized carbons (Fsp3) is 0.571. The molecule has 104 valence electrons. The van der Waals surface area contributed by atoms with E-state index in [2.05, 4.69) is 25.8 Å². The largest absolute Gasteiger partial charge is 0.480 e. The third kappa shape index (κ3) is 3.34. The highest BCUT2D eigenvalue weighted by Gasteiger charge is 2.42. The van der Waals surface area contributed by atoms with Gasteiger partial charge in [-0.2, -0.15) is 0 Å². The predicted octanol–water partition coefficient (Wildman–Crippen LogP) is 2.92.